The third-order valence-electron chi connectivity index (χ3n) is 1.22. The molecule has 5 heteroatoms. The summed E-state index contributed by atoms with van der Waals surface area (Å²) in [5.41, 5.74) is 0. The topological polar surface area (TPSA) is 63.2 Å². The largest absolute Gasteiger partial charge is 0.813 e. The van der Waals surface area contributed by atoms with Gasteiger partial charge in [0, 0.05) is 0 Å². The molecular formula is C7H16NiO3P. The fourth-order valence-electron chi connectivity index (χ4n) is 0.683. The normalized spacial score (nSPS) is 9.42. The van der Waals surface area contributed by atoms with Crippen LogP contribution in [0, 0.1) is 0 Å². The first-order valence-corrected chi connectivity index (χ1v) is 5.97. The van der Waals surface area contributed by atoms with Crippen molar-refractivity contribution in [1.29, 1.82) is 0 Å². The summed E-state index contributed by atoms with van der Waals surface area (Å²) < 4.78 is 8.52. The minimum atomic E-state index is -3.63. The predicted octanol–water partition coefficient (Wildman–Crippen LogP) is 1.02. The van der Waals surface area contributed by atoms with Crippen molar-refractivity contribution in [2.75, 3.05) is 0 Å². The van der Waals surface area contributed by atoms with Gasteiger partial charge in [0.1, 0.15) is 0 Å². The number of hydrogen-bond donors (Lipinski definition) is 0. The average molecular weight is 238 g/mol. The number of hydrogen-bond acceptors (Lipinski definition) is 3. The Hall–Kier alpha value is 0.644. The van der Waals surface area contributed by atoms with Gasteiger partial charge in [-0.05, 0) is 0 Å². The minimum absolute atomic E-state index is 0.990. The summed E-state index contributed by atoms with van der Waals surface area (Å²) in [7, 11) is -3.63. The molecular weight excluding hydrogens is 222 g/mol. The van der Waals surface area contributed by atoms with Gasteiger partial charge in [0.05, 0.1) is 0 Å². The van der Waals surface area contributed by atoms with Gasteiger partial charge in [-0.15, -0.1) is 0 Å². The van der Waals surface area contributed by atoms with Crippen LogP contribution in [-0.2, 0) is 20.0 Å². The van der Waals surface area contributed by atoms with Crippen molar-refractivity contribution in [2.45, 2.75) is 44.4 Å². The monoisotopic (exact) mass is 237 g/mol. The van der Waals surface area contributed by atoms with E-state index in [0.717, 1.165) is 5.39 Å². The van der Waals surface area contributed by atoms with Crippen LogP contribution in [0.3, 0.4) is 0 Å². The molecule has 0 aliphatic rings. The maximum Gasteiger partial charge on any atom is -0.0813 e. The van der Waals surface area contributed by atoms with E-state index < -0.39 is 8.25 Å². The molecule has 0 saturated carbocycles. The van der Waals surface area contributed by atoms with Crippen LogP contribution in [0.5, 0.6) is 0 Å². The van der Waals surface area contributed by atoms with Crippen molar-refractivity contribution in [3.8, 4) is 0 Å². The van der Waals surface area contributed by atoms with Gasteiger partial charge in [-0.2, -0.15) is 0 Å². The van der Waals surface area contributed by atoms with Crippen molar-refractivity contribution in [3.05, 3.63) is 0 Å². The summed E-state index contributed by atoms with van der Waals surface area (Å²) in [4.78, 5) is 17.0. The van der Waals surface area contributed by atoms with Crippen LogP contribution in [-0.4, -0.2) is 0 Å². The number of rotatable bonds is 5. The van der Waals surface area contributed by atoms with Crippen LogP contribution in [0.4, 0.5) is 0 Å². The molecule has 0 aliphatic heterocycles. The summed E-state index contributed by atoms with van der Waals surface area (Å²) in [6.07, 6.45) is 6.73. The smallest absolute Gasteiger partial charge is 0.0813 e. The van der Waals surface area contributed by atoms with E-state index in [0.29, 0.717) is 0 Å². The first-order valence-electron chi connectivity index (χ1n) is 4.04. The molecule has 77 valence electrons. The Bertz CT molecular complexity index is 90.7. The summed E-state index contributed by atoms with van der Waals surface area (Å²) in [6.45, 7) is 2.23. The molecule has 0 amide bonds. The average Bonchev–Trinajstić information content (AvgIpc) is 1.97. The van der Waals surface area contributed by atoms with Crippen LogP contribution in [0.1, 0.15) is 39.0 Å². The van der Waals surface area contributed by atoms with Gasteiger partial charge in [0.2, 0.25) is 0 Å². The van der Waals surface area contributed by atoms with E-state index in [1.54, 1.807) is 0 Å². The molecule has 0 spiro atoms. The molecule has 0 aromatic rings. The fraction of sp³-hybridized carbons (Fsp3) is 1.00. The summed E-state index contributed by atoms with van der Waals surface area (Å²) in [6, 6.07) is 0. The third-order valence-corrected chi connectivity index (χ3v) is 1.56. The van der Waals surface area contributed by atoms with Crippen LogP contribution in [0.15, 0.2) is 0 Å². The Morgan fingerprint density at radius 3 is 1.92 bits per heavy atom. The molecule has 0 aromatic carbocycles. The molecule has 0 unspecified atom stereocenters. The number of unbranched alkanes of at least 4 members (excludes halogenated alkanes) is 4. The van der Waals surface area contributed by atoms with Gasteiger partial charge in [-0.1, -0.05) is 8.25 Å². The second-order valence-corrected chi connectivity index (χ2v) is 3.32. The molecule has 0 N–H and O–H groups in total. The van der Waals surface area contributed by atoms with Crippen molar-refractivity contribution >= 4 is 8.25 Å². The Balaban J connectivity index is 0. The minimum Gasteiger partial charge on any atom is -0.813 e. The first-order chi connectivity index (χ1) is 5.65. The van der Waals surface area contributed by atoms with E-state index in [1.165, 1.54) is 32.1 Å². The van der Waals surface area contributed by atoms with Crippen LogP contribution in [0.2, 0.25) is 5.39 Å². The second-order valence-electron chi connectivity index (χ2n) is 2.32. The Morgan fingerprint density at radius 2 is 1.58 bits per heavy atom. The Kier molecular flexibility index (Phi) is 17.9. The predicted molar refractivity (Wildman–Crippen MR) is 42.6 cm³/mol. The molecule has 12 heavy (non-hydrogen) atoms. The van der Waals surface area contributed by atoms with Gasteiger partial charge < -0.3 is 14.4 Å². The summed E-state index contributed by atoms with van der Waals surface area (Å²) in [5, 5.41) is 0.990. The molecule has 0 saturated heterocycles. The van der Waals surface area contributed by atoms with E-state index >= 15 is 0 Å². The summed E-state index contributed by atoms with van der Waals surface area (Å²) in [5.74, 6) is 0. The Labute approximate surface area is 82.9 Å². The van der Waals surface area contributed by atoms with Gasteiger partial charge in [0.25, 0.3) is 0 Å². The third kappa shape index (κ3) is 31.1. The molecule has 3 nitrogen and oxygen atoms in total. The van der Waals surface area contributed by atoms with E-state index in [4.69, 9.17) is 14.4 Å². The van der Waals surface area contributed by atoms with E-state index in [-0.39, 0.29) is 0 Å². The van der Waals surface area contributed by atoms with E-state index in [9.17, 15) is 0 Å². The molecule has 0 bridgehead atoms. The van der Waals surface area contributed by atoms with E-state index in [1.807, 2.05) is 0 Å². The van der Waals surface area contributed by atoms with Gasteiger partial charge >= 0.3 is 59.9 Å². The van der Waals surface area contributed by atoms with Gasteiger partial charge in [-0.3, -0.25) is 0 Å². The van der Waals surface area contributed by atoms with Crippen LogP contribution in [0.25, 0.3) is 0 Å². The van der Waals surface area contributed by atoms with E-state index in [2.05, 4.69) is 22.4 Å². The molecule has 0 atom stereocenters. The molecule has 0 fully saturated rings. The standard InChI is InChI=1S/C7H15.Ni.H3O3P/c1-3-5-7-6-4-2;;1-4(2)3/h1,3-7H2,2H3;;4H,(H2,1,2,3)/q;+2;/p-2. The molecule has 0 heterocycles. The molecule has 0 radical (unpaired) electrons. The quantitative estimate of drug-likeness (QED) is 0.408. The van der Waals surface area contributed by atoms with Crippen molar-refractivity contribution in [2.24, 2.45) is 0 Å². The van der Waals surface area contributed by atoms with Crippen LogP contribution < -0.4 is 9.79 Å². The first kappa shape index (κ1) is 15.1. The zero-order valence-electron chi connectivity index (χ0n) is 7.28. The molecule has 0 aromatic heterocycles. The van der Waals surface area contributed by atoms with Crippen molar-refractivity contribution < 1.29 is 29.8 Å². The van der Waals surface area contributed by atoms with Gasteiger partial charge in [0.15, 0.2) is 0 Å². The summed E-state index contributed by atoms with van der Waals surface area (Å²) >= 11 is 4.55. The maximum atomic E-state index is 8.52. The van der Waals surface area contributed by atoms with Crippen LogP contribution >= 0.6 is 8.25 Å². The van der Waals surface area contributed by atoms with Crippen molar-refractivity contribution in [1.82, 2.24) is 0 Å². The SMILES string of the molecule is CCCCCC[CH2][Ni+2].O=[PH]([O-])[O-]. The molecule has 0 rings (SSSR count). The second kappa shape index (κ2) is 14.2. The Morgan fingerprint density at radius 1 is 1.17 bits per heavy atom. The van der Waals surface area contributed by atoms with Gasteiger partial charge in [-0.25, -0.2) is 0 Å². The zero-order chi connectivity index (χ0) is 9.82. The molecule has 0 aliphatic carbocycles. The zero-order valence-corrected chi connectivity index (χ0v) is 9.27. The van der Waals surface area contributed by atoms with Crippen molar-refractivity contribution in [3.63, 3.8) is 0 Å². The fourth-order valence-corrected chi connectivity index (χ4v) is 0.930. The maximum absolute atomic E-state index is 8.52.